The molecule has 0 unspecified atom stereocenters. The molecule has 0 N–H and O–H groups in total. The van der Waals surface area contributed by atoms with E-state index in [4.69, 9.17) is 9.47 Å². The fourth-order valence-electron chi connectivity index (χ4n) is 3.65. The molecule has 9 nitrogen and oxygen atoms in total. The lowest BCUT2D eigenvalue weighted by atomic mass is 9.99. The molecular formula is C19H30N6O3. The number of amides is 1. The lowest BCUT2D eigenvalue weighted by Gasteiger charge is -2.25. The number of rotatable bonds is 7. The van der Waals surface area contributed by atoms with Gasteiger partial charge in [-0.2, -0.15) is 5.10 Å². The van der Waals surface area contributed by atoms with Crippen molar-refractivity contribution in [3.63, 3.8) is 0 Å². The Hall–Kier alpha value is -2.26. The molecule has 0 saturated carbocycles. The molecule has 28 heavy (non-hydrogen) atoms. The van der Waals surface area contributed by atoms with E-state index >= 15 is 0 Å². The summed E-state index contributed by atoms with van der Waals surface area (Å²) in [7, 11) is 3.43. The number of carbonyl (C=O) groups is 1. The standard InChI is InChI=1S/C19H30N6O3/c1-12(2)24-11-20-21-16(24)10-23(5)19(26)18-15-9-13(3)28-14(4)17(15)22-25(18)7-8-27-6/h11-14H,7-10H2,1-6H3/t13-,14+/m0/s1. The summed E-state index contributed by atoms with van der Waals surface area (Å²) in [5.41, 5.74) is 2.44. The van der Waals surface area contributed by atoms with Crippen LogP contribution in [0, 0.1) is 0 Å². The van der Waals surface area contributed by atoms with Crippen molar-refractivity contribution in [2.45, 2.75) is 65.5 Å². The minimum absolute atomic E-state index is 0.0449. The number of aromatic nitrogens is 5. The summed E-state index contributed by atoms with van der Waals surface area (Å²) in [6.45, 7) is 9.50. The Morgan fingerprint density at radius 1 is 1.43 bits per heavy atom. The van der Waals surface area contributed by atoms with E-state index < -0.39 is 0 Å². The average Bonchev–Trinajstić information content (AvgIpc) is 3.23. The zero-order valence-electron chi connectivity index (χ0n) is 17.5. The van der Waals surface area contributed by atoms with E-state index in [-0.39, 0.29) is 24.2 Å². The Morgan fingerprint density at radius 3 is 2.86 bits per heavy atom. The third-order valence-corrected chi connectivity index (χ3v) is 5.03. The van der Waals surface area contributed by atoms with Gasteiger partial charge >= 0.3 is 0 Å². The van der Waals surface area contributed by atoms with Gasteiger partial charge in [-0.3, -0.25) is 9.48 Å². The smallest absolute Gasteiger partial charge is 0.272 e. The summed E-state index contributed by atoms with van der Waals surface area (Å²) in [6, 6.07) is 0.229. The van der Waals surface area contributed by atoms with Crippen molar-refractivity contribution < 1.29 is 14.3 Å². The molecule has 1 amide bonds. The minimum Gasteiger partial charge on any atom is -0.383 e. The maximum absolute atomic E-state index is 13.4. The number of carbonyl (C=O) groups excluding carboxylic acids is 1. The molecule has 9 heteroatoms. The molecule has 0 saturated heterocycles. The van der Waals surface area contributed by atoms with Gasteiger partial charge in [0.15, 0.2) is 5.82 Å². The van der Waals surface area contributed by atoms with E-state index in [2.05, 4.69) is 29.1 Å². The molecule has 0 aliphatic carbocycles. The molecule has 154 valence electrons. The number of ether oxygens (including phenoxy) is 2. The average molecular weight is 390 g/mol. The van der Waals surface area contributed by atoms with Gasteiger partial charge in [-0.05, 0) is 27.7 Å². The number of hydrogen-bond acceptors (Lipinski definition) is 6. The Bertz CT molecular complexity index is 828. The van der Waals surface area contributed by atoms with Crippen LogP contribution in [0.25, 0.3) is 0 Å². The number of nitrogens with zero attached hydrogens (tertiary/aromatic N) is 6. The summed E-state index contributed by atoms with van der Waals surface area (Å²) in [5.74, 6) is 0.678. The zero-order chi connectivity index (χ0) is 20.4. The van der Waals surface area contributed by atoms with Crippen LogP contribution in [0.5, 0.6) is 0 Å². The van der Waals surface area contributed by atoms with Gasteiger partial charge in [-0.25, -0.2) is 0 Å². The molecular weight excluding hydrogens is 360 g/mol. The van der Waals surface area contributed by atoms with Crippen molar-refractivity contribution in [3.05, 3.63) is 29.1 Å². The van der Waals surface area contributed by atoms with E-state index in [0.29, 0.717) is 31.8 Å². The highest BCUT2D eigenvalue weighted by Crippen LogP contribution is 2.32. The predicted molar refractivity (Wildman–Crippen MR) is 103 cm³/mol. The molecule has 3 heterocycles. The van der Waals surface area contributed by atoms with Crippen LogP contribution in [0.3, 0.4) is 0 Å². The first-order valence-electron chi connectivity index (χ1n) is 9.71. The van der Waals surface area contributed by atoms with Crippen molar-refractivity contribution in [1.82, 2.24) is 29.4 Å². The van der Waals surface area contributed by atoms with Crippen LogP contribution in [0.4, 0.5) is 0 Å². The van der Waals surface area contributed by atoms with Gasteiger partial charge in [0.1, 0.15) is 12.0 Å². The van der Waals surface area contributed by atoms with Crippen LogP contribution < -0.4 is 0 Å². The molecule has 0 bridgehead atoms. The largest absolute Gasteiger partial charge is 0.383 e. The molecule has 0 radical (unpaired) electrons. The van der Waals surface area contributed by atoms with Crippen molar-refractivity contribution in [2.24, 2.45) is 0 Å². The van der Waals surface area contributed by atoms with Crippen LogP contribution in [0.15, 0.2) is 6.33 Å². The van der Waals surface area contributed by atoms with Crippen molar-refractivity contribution in [1.29, 1.82) is 0 Å². The van der Waals surface area contributed by atoms with Crippen LogP contribution in [-0.2, 0) is 29.0 Å². The topological polar surface area (TPSA) is 87.3 Å². The second-order valence-electron chi connectivity index (χ2n) is 7.63. The van der Waals surface area contributed by atoms with Crippen molar-refractivity contribution in [3.8, 4) is 0 Å². The van der Waals surface area contributed by atoms with Crippen LogP contribution in [0.2, 0.25) is 0 Å². The second-order valence-corrected chi connectivity index (χ2v) is 7.63. The maximum Gasteiger partial charge on any atom is 0.272 e. The van der Waals surface area contributed by atoms with Gasteiger partial charge in [-0.15, -0.1) is 10.2 Å². The zero-order valence-corrected chi connectivity index (χ0v) is 17.5. The Labute approximate surface area is 165 Å². The highest BCUT2D eigenvalue weighted by Gasteiger charge is 2.33. The number of hydrogen-bond donors (Lipinski definition) is 0. The van der Waals surface area contributed by atoms with Gasteiger partial charge in [0.25, 0.3) is 5.91 Å². The summed E-state index contributed by atoms with van der Waals surface area (Å²) in [6.07, 6.45) is 2.28. The van der Waals surface area contributed by atoms with E-state index in [0.717, 1.165) is 17.1 Å². The van der Waals surface area contributed by atoms with Gasteiger partial charge in [0.05, 0.1) is 37.6 Å². The molecule has 1 aliphatic rings. The van der Waals surface area contributed by atoms with E-state index in [9.17, 15) is 4.79 Å². The summed E-state index contributed by atoms with van der Waals surface area (Å²) >= 11 is 0. The molecule has 1 aliphatic heterocycles. The quantitative estimate of drug-likeness (QED) is 0.719. The third-order valence-electron chi connectivity index (χ3n) is 5.03. The molecule has 0 spiro atoms. The lowest BCUT2D eigenvalue weighted by Crippen LogP contribution is -2.32. The highest BCUT2D eigenvalue weighted by molar-refractivity contribution is 5.94. The Balaban J connectivity index is 1.92. The Morgan fingerprint density at radius 2 is 2.18 bits per heavy atom. The van der Waals surface area contributed by atoms with Crippen molar-refractivity contribution >= 4 is 5.91 Å². The van der Waals surface area contributed by atoms with Gasteiger partial charge in [0, 0.05) is 32.2 Å². The van der Waals surface area contributed by atoms with Crippen LogP contribution in [-0.4, -0.2) is 62.2 Å². The first-order valence-corrected chi connectivity index (χ1v) is 9.71. The first-order chi connectivity index (χ1) is 13.3. The number of methoxy groups -OCH3 is 1. The van der Waals surface area contributed by atoms with Crippen LogP contribution >= 0.6 is 0 Å². The van der Waals surface area contributed by atoms with E-state index in [1.165, 1.54) is 0 Å². The van der Waals surface area contributed by atoms with Gasteiger partial charge < -0.3 is 18.9 Å². The van der Waals surface area contributed by atoms with Gasteiger partial charge in [-0.1, -0.05) is 0 Å². The van der Waals surface area contributed by atoms with Crippen LogP contribution in [0.1, 0.15) is 67.4 Å². The Kier molecular flexibility index (Phi) is 6.14. The van der Waals surface area contributed by atoms with E-state index in [1.807, 2.05) is 18.4 Å². The van der Waals surface area contributed by atoms with Crippen molar-refractivity contribution in [2.75, 3.05) is 20.8 Å². The van der Waals surface area contributed by atoms with E-state index in [1.54, 1.807) is 30.1 Å². The molecule has 0 fully saturated rings. The summed E-state index contributed by atoms with van der Waals surface area (Å²) in [4.78, 5) is 15.1. The molecule has 0 aromatic carbocycles. The number of fused-ring (bicyclic) bond motifs is 1. The molecule has 2 atom stereocenters. The normalized spacial score (nSPS) is 19.1. The van der Waals surface area contributed by atoms with Gasteiger partial charge in [0.2, 0.25) is 0 Å². The summed E-state index contributed by atoms with van der Waals surface area (Å²) in [5, 5.41) is 12.9. The second kappa shape index (κ2) is 8.40. The fraction of sp³-hybridized carbons (Fsp3) is 0.684. The summed E-state index contributed by atoms with van der Waals surface area (Å²) < 4.78 is 14.8. The molecule has 2 aromatic rings. The first kappa shape index (κ1) is 20.5. The highest BCUT2D eigenvalue weighted by atomic mass is 16.5. The monoisotopic (exact) mass is 390 g/mol. The SMILES string of the molecule is COCCn1nc2c(c1C(=O)N(C)Cc1nncn1C(C)C)C[C@H](C)O[C@@H]2C. The molecule has 2 aromatic heterocycles. The molecule has 3 rings (SSSR count). The lowest BCUT2D eigenvalue weighted by molar-refractivity contribution is -0.00720. The fourth-order valence-corrected chi connectivity index (χ4v) is 3.65. The maximum atomic E-state index is 13.4. The minimum atomic E-state index is -0.136. The predicted octanol–water partition coefficient (Wildman–Crippen LogP) is 2.00. The third kappa shape index (κ3) is 3.95.